The predicted octanol–water partition coefficient (Wildman–Crippen LogP) is -0.0557. The first-order valence-corrected chi connectivity index (χ1v) is 9.14. The summed E-state index contributed by atoms with van der Waals surface area (Å²) in [6, 6.07) is 0. The zero-order valence-corrected chi connectivity index (χ0v) is 11.4. The third kappa shape index (κ3) is 2.27. The van der Waals surface area contributed by atoms with Gasteiger partial charge in [-0.3, -0.25) is 0 Å². The summed E-state index contributed by atoms with van der Waals surface area (Å²) in [6.07, 6.45) is 0. The van der Waals surface area contributed by atoms with Crippen LogP contribution in [0.3, 0.4) is 0 Å². The van der Waals surface area contributed by atoms with E-state index in [1.54, 1.807) is 0 Å². The van der Waals surface area contributed by atoms with Gasteiger partial charge in [0.25, 0.3) is 0 Å². The quantitative estimate of drug-likeness (QED) is 0.622. The Bertz CT molecular complexity index is 414. The summed E-state index contributed by atoms with van der Waals surface area (Å²) < 4.78 is 9.90. The molecule has 1 aromatic heterocycles. The molecule has 0 saturated carbocycles. The molecule has 0 aromatic carbocycles. The molecule has 0 amide bonds. The third-order valence-electron chi connectivity index (χ3n) is 1.96. The monoisotopic (exact) mass is 288 g/mol. The van der Waals surface area contributed by atoms with E-state index in [4.69, 9.17) is 0 Å². The molecule has 1 heterocycles. The summed E-state index contributed by atoms with van der Waals surface area (Å²) in [6.45, 7) is 0. The van der Waals surface area contributed by atoms with Gasteiger partial charge in [-0.15, -0.1) is 0 Å². The van der Waals surface area contributed by atoms with Crippen molar-refractivity contribution in [2.24, 2.45) is 0 Å². The maximum atomic E-state index is 11.6. The summed E-state index contributed by atoms with van der Waals surface area (Å²) in [7, 11) is 2.51. The van der Waals surface area contributed by atoms with Gasteiger partial charge in [-0.2, -0.15) is 0 Å². The predicted molar refractivity (Wildman–Crippen MR) is 58.4 cm³/mol. The van der Waals surface area contributed by atoms with Crippen molar-refractivity contribution >= 4 is 31.1 Å². The fourth-order valence-electron chi connectivity index (χ4n) is 1.20. The Hall–Kier alpha value is -1.29. The van der Waals surface area contributed by atoms with Gasteiger partial charge in [0.1, 0.15) is 0 Å². The summed E-state index contributed by atoms with van der Waals surface area (Å²) in [5, 5.41) is 6.53. The Kier molecular flexibility index (Phi) is 4.12. The molecule has 1 N–H and O–H groups in total. The molecule has 0 aliphatic carbocycles. The van der Waals surface area contributed by atoms with E-state index in [1.165, 1.54) is 14.2 Å². The zero-order valence-electron chi connectivity index (χ0n) is 9.53. The van der Waals surface area contributed by atoms with Gasteiger partial charge in [0.2, 0.25) is 0 Å². The molecule has 0 fully saturated rings. The zero-order chi connectivity index (χ0) is 12.3. The van der Waals surface area contributed by atoms with Crippen LogP contribution in [0.15, 0.2) is 0 Å². The molecule has 16 heavy (non-hydrogen) atoms. The van der Waals surface area contributed by atoms with E-state index < -0.39 is 26.6 Å². The van der Waals surface area contributed by atoms with E-state index >= 15 is 0 Å². The van der Waals surface area contributed by atoms with Crippen LogP contribution in [0.1, 0.15) is 20.8 Å². The normalized spacial score (nSPS) is 10.3. The fraction of sp³-hybridized carbons (Fsp3) is 0.444. The van der Waals surface area contributed by atoms with E-state index in [-0.39, 0.29) is 11.3 Å². The van der Waals surface area contributed by atoms with E-state index in [2.05, 4.69) is 19.7 Å². The molecule has 0 radical (unpaired) electrons. The van der Waals surface area contributed by atoms with Crippen molar-refractivity contribution in [2.75, 3.05) is 14.2 Å². The number of hydrogen-bond donors (Lipinski definition) is 1. The molecular weight excluding hydrogens is 275 g/mol. The van der Waals surface area contributed by atoms with Crippen molar-refractivity contribution in [3.63, 3.8) is 0 Å². The van der Waals surface area contributed by atoms with Crippen LogP contribution in [0.5, 0.6) is 0 Å². The summed E-state index contributed by atoms with van der Waals surface area (Å²) >= 11 is -1.36. The molecule has 0 atom stereocenters. The van der Waals surface area contributed by atoms with Crippen LogP contribution in [0.2, 0.25) is 11.4 Å². The Labute approximate surface area is 97.6 Å². The molecule has 6 nitrogen and oxygen atoms in total. The standard InChI is InChI=1S/C9H13AsN2O4/c1-10(2)7-5(8(13)15-3)6(11-12-7)9(14)16-4/h1-4H3,(H,11,12). The van der Waals surface area contributed by atoms with Crippen LogP contribution < -0.4 is 4.48 Å². The van der Waals surface area contributed by atoms with Crippen molar-refractivity contribution in [1.82, 2.24) is 10.2 Å². The number of aromatic nitrogens is 2. The average molecular weight is 288 g/mol. The summed E-state index contributed by atoms with van der Waals surface area (Å²) in [5.74, 6) is -1.20. The number of esters is 2. The second kappa shape index (κ2) is 5.16. The molecule has 0 saturated heterocycles. The topological polar surface area (TPSA) is 81.3 Å². The van der Waals surface area contributed by atoms with Crippen LogP contribution in [0.4, 0.5) is 0 Å². The van der Waals surface area contributed by atoms with Crippen molar-refractivity contribution < 1.29 is 19.1 Å². The van der Waals surface area contributed by atoms with Crippen LogP contribution in [0, 0.1) is 0 Å². The number of nitrogens with one attached hydrogen (secondary N) is 1. The number of methoxy groups -OCH3 is 2. The van der Waals surface area contributed by atoms with Crippen molar-refractivity contribution in [3.8, 4) is 0 Å². The molecule has 0 spiro atoms. The van der Waals surface area contributed by atoms with E-state index in [0.717, 1.165) is 0 Å². The van der Waals surface area contributed by atoms with Gasteiger partial charge in [-0.25, -0.2) is 0 Å². The number of carbonyl (C=O) groups excluding carboxylic acids is 2. The van der Waals surface area contributed by atoms with E-state index in [0.29, 0.717) is 4.48 Å². The number of hydrogen-bond acceptors (Lipinski definition) is 5. The van der Waals surface area contributed by atoms with Crippen LogP contribution >= 0.6 is 0 Å². The Morgan fingerprint density at radius 1 is 1.19 bits per heavy atom. The Morgan fingerprint density at radius 3 is 2.19 bits per heavy atom. The number of rotatable bonds is 3. The van der Waals surface area contributed by atoms with E-state index in [9.17, 15) is 9.59 Å². The van der Waals surface area contributed by atoms with Gasteiger partial charge < -0.3 is 0 Å². The van der Waals surface area contributed by atoms with Crippen molar-refractivity contribution in [1.29, 1.82) is 0 Å². The first-order valence-electron chi connectivity index (χ1n) is 4.45. The minimum atomic E-state index is -1.36. The number of carbonyl (C=O) groups is 2. The van der Waals surface area contributed by atoms with E-state index in [1.807, 2.05) is 11.4 Å². The maximum absolute atomic E-state index is 11.6. The molecule has 88 valence electrons. The van der Waals surface area contributed by atoms with Crippen molar-refractivity contribution in [2.45, 2.75) is 11.4 Å². The second-order valence-corrected chi connectivity index (χ2v) is 7.86. The molecule has 1 aromatic rings. The number of nitrogens with zero attached hydrogens (tertiary/aromatic N) is 1. The first-order chi connectivity index (χ1) is 7.52. The van der Waals surface area contributed by atoms with Gasteiger partial charge in [0.15, 0.2) is 0 Å². The molecular formula is C9H13AsN2O4. The minimum absolute atomic E-state index is 0.00701. The van der Waals surface area contributed by atoms with Gasteiger partial charge in [-0.1, -0.05) is 0 Å². The fourth-order valence-corrected chi connectivity index (χ4v) is 3.07. The molecule has 1 rings (SSSR count). The molecule has 7 heteroatoms. The van der Waals surface area contributed by atoms with Gasteiger partial charge in [0.05, 0.1) is 0 Å². The van der Waals surface area contributed by atoms with Gasteiger partial charge >= 0.3 is 97.2 Å². The molecule has 0 aliphatic heterocycles. The SMILES string of the molecule is COC(=O)c1n[nH]c([As](C)C)c1C(=O)OC. The van der Waals surface area contributed by atoms with Crippen molar-refractivity contribution in [3.05, 3.63) is 11.3 Å². The van der Waals surface area contributed by atoms with Gasteiger partial charge in [-0.05, 0) is 0 Å². The third-order valence-corrected chi connectivity index (χ3v) is 4.52. The number of ether oxygens (including phenoxy) is 2. The van der Waals surface area contributed by atoms with Gasteiger partial charge in [0, 0.05) is 0 Å². The summed E-state index contributed by atoms with van der Waals surface area (Å²) in [4.78, 5) is 23.0. The molecule has 0 bridgehead atoms. The first kappa shape index (κ1) is 12.8. The molecule has 0 aliphatic rings. The Morgan fingerprint density at radius 2 is 1.75 bits per heavy atom. The Balaban J connectivity index is 3.30. The second-order valence-electron chi connectivity index (χ2n) is 3.17. The van der Waals surface area contributed by atoms with Crippen LogP contribution in [-0.2, 0) is 9.47 Å². The number of H-pyrrole nitrogens is 1. The average Bonchev–Trinajstić information content (AvgIpc) is 2.71. The van der Waals surface area contributed by atoms with Crippen LogP contribution in [0.25, 0.3) is 0 Å². The number of aromatic amines is 1. The molecule has 0 unspecified atom stereocenters. The van der Waals surface area contributed by atoms with Crippen LogP contribution in [-0.4, -0.2) is 51.0 Å². The summed E-state index contributed by atoms with van der Waals surface area (Å²) in [5.41, 5.74) is 4.24.